The fraction of sp³-hybridized carbons (Fsp3) is 0.750. The Labute approximate surface area is 77.6 Å². The van der Waals surface area contributed by atoms with E-state index in [4.69, 9.17) is 4.74 Å². The van der Waals surface area contributed by atoms with E-state index in [1.807, 2.05) is 6.92 Å². The van der Waals surface area contributed by atoms with Crippen LogP contribution in [-0.4, -0.2) is 31.4 Å². The minimum atomic E-state index is -0.162. The number of aliphatic imine (C=N–C) groups is 1. The van der Waals surface area contributed by atoms with Crippen molar-refractivity contribution in [3.05, 3.63) is 0 Å². The second kappa shape index (κ2) is 4.89. The van der Waals surface area contributed by atoms with Crippen molar-refractivity contribution in [2.75, 3.05) is 0 Å². The zero-order chi connectivity index (χ0) is 9.68. The quantitative estimate of drug-likeness (QED) is 0.361. The van der Waals surface area contributed by atoms with Crippen LogP contribution in [-0.2, 0) is 14.2 Å². The molecule has 0 bridgehead atoms. The summed E-state index contributed by atoms with van der Waals surface area (Å²) in [5.41, 5.74) is 0. The second-order valence-electron chi connectivity index (χ2n) is 2.98. The van der Waals surface area contributed by atoms with Gasteiger partial charge < -0.3 is 0 Å². The average molecular weight is 181 g/mol. The number of hydrogen-bond acceptors (Lipinski definition) is 4. The maximum absolute atomic E-state index is 10.8. The molecule has 1 heterocycles. The molecule has 70 valence electrons. The topological polar surface area (TPSA) is 55.7 Å². The molecule has 0 amide bonds. The van der Waals surface area contributed by atoms with Crippen LogP contribution in [0.25, 0.3) is 0 Å². The van der Waals surface area contributed by atoms with Crippen molar-refractivity contribution in [3.8, 4) is 0 Å². The van der Waals surface area contributed by atoms with Gasteiger partial charge >= 0.3 is 76.8 Å². The normalized spacial score (nSPS) is 24.4. The molecule has 0 radical (unpaired) electrons. The molecule has 1 aliphatic rings. The van der Waals surface area contributed by atoms with Gasteiger partial charge in [0, 0.05) is 0 Å². The van der Waals surface area contributed by atoms with E-state index in [9.17, 15) is 9.50 Å². The van der Waals surface area contributed by atoms with Crippen LogP contribution in [0, 0.1) is 0 Å². The van der Waals surface area contributed by atoms with E-state index < -0.39 is 0 Å². The summed E-state index contributed by atoms with van der Waals surface area (Å²) >= 11 is 0. The van der Waals surface area contributed by atoms with Gasteiger partial charge in [0.05, 0.1) is 0 Å². The summed E-state index contributed by atoms with van der Waals surface area (Å²) in [5, 5.41) is 0. The molecule has 0 aromatic carbocycles. The van der Waals surface area contributed by atoms with Gasteiger partial charge in [0.2, 0.25) is 0 Å². The minimum absolute atomic E-state index is 0.0587. The summed E-state index contributed by atoms with van der Waals surface area (Å²) in [6.45, 7) is 1.96. The molecular formula is C8H12BNO3. The predicted octanol–water partition coefficient (Wildman–Crippen LogP) is 0.549. The Kier molecular flexibility index (Phi) is 3.80. The van der Waals surface area contributed by atoms with Crippen molar-refractivity contribution in [2.45, 2.75) is 38.3 Å². The van der Waals surface area contributed by atoms with Crippen LogP contribution in [0.2, 0.25) is 0 Å². The van der Waals surface area contributed by atoms with Crippen molar-refractivity contribution in [1.82, 2.24) is 0 Å². The Bertz CT molecular complexity index is 229. The molecule has 1 saturated heterocycles. The van der Waals surface area contributed by atoms with Gasteiger partial charge in [-0.3, -0.25) is 0 Å². The Balaban J connectivity index is 2.51. The van der Waals surface area contributed by atoms with Gasteiger partial charge in [0.1, 0.15) is 0 Å². The van der Waals surface area contributed by atoms with Crippen molar-refractivity contribution >= 4 is 19.2 Å². The predicted molar refractivity (Wildman–Crippen MR) is 48.1 cm³/mol. The second-order valence-corrected chi connectivity index (χ2v) is 2.98. The van der Waals surface area contributed by atoms with Crippen molar-refractivity contribution in [2.24, 2.45) is 4.99 Å². The number of esters is 1. The first-order valence-electron chi connectivity index (χ1n) is 4.44. The molecule has 1 aliphatic heterocycles. The first-order chi connectivity index (χ1) is 6.27. The van der Waals surface area contributed by atoms with Crippen LogP contribution in [0.3, 0.4) is 0 Å². The third-order valence-electron chi connectivity index (χ3n) is 2.10. The SMILES string of the molecule is CCC(/N=C/B=O)[C@@H]1CCC(=O)O1. The molecule has 0 N–H and O–H groups in total. The summed E-state index contributed by atoms with van der Waals surface area (Å²) in [4.78, 5) is 14.8. The van der Waals surface area contributed by atoms with E-state index >= 15 is 0 Å². The average Bonchev–Trinajstić information content (AvgIpc) is 2.54. The molecule has 2 atom stereocenters. The summed E-state index contributed by atoms with van der Waals surface area (Å²) in [6, 6.07) is -0.0587. The molecule has 4 nitrogen and oxygen atoms in total. The summed E-state index contributed by atoms with van der Waals surface area (Å²) in [7, 11) is 0.638. The Morgan fingerprint density at radius 3 is 3.08 bits per heavy atom. The summed E-state index contributed by atoms with van der Waals surface area (Å²) in [5.74, 6) is -0.162. The van der Waals surface area contributed by atoms with Crippen LogP contribution < -0.4 is 0 Å². The summed E-state index contributed by atoms with van der Waals surface area (Å²) < 4.78 is 15.1. The first kappa shape index (κ1) is 10.1. The summed E-state index contributed by atoms with van der Waals surface area (Å²) in [6.07, 6.45) is 3.06. The van der Waals surface area contributed by atoms with Crippen LogP contribution in [0.1, 0.15) is 26.2 Å². The van der Waals surface area contributed by atoms with Crippen molar-refractivity contribution < 1.29 is 14.2 Å². The van der Waals surface area contributed by atoms with E-state index in [0.29, 0.717) is 20.0 Å². The Morgan fingerprint density at radius 2 is 2.62 bits per heavy atom. The van der Waals surface area contributed by atoms with Crippen LogP contribution in [0.5, 0.6) is 0 Å². The van der Waals surface area contributed by atoms with Crippen molar-refractivity contribution in [3.63, 3.8) is 0 Å². The van der Waals surface area contributed by atoms with Gasteiger partial charge in [-0.25, -0.2) is 0 Å². The Morgan fingerprint density at radius 1 is 1.85 bits per heavy atom. The Hall–Kier alpha value is -0.995. The molecule has 0 aromatic heterocycles. The molecule has 1 fully saturated rings. The third kappa shape index (κ3) is 2.75. The van der Waals surface area contributed by atoms with Gasteiger partial charge in [0.25, 0.3) is 0 Å². The standard InChI is InChI=1S/C8H12BNO3/c1-2-6(10-5-9-12)7-3-4-8(11)13-7/h5-7H,2-4H2,1H3/b10-5+/t6?,7-/m0/s1. The third-order valence-corrected chi connectivity index (χ3v) is 2.10. The molecule has 5 heteroatoms. The number of rotatable bonds is 4. The molecule has 0 aromatic rings. The van der Waals surface area contributed by atoms with E-state index in [2.05, 4.69) is 4.99 Å². The number of ether oxygens (including phenoxy) is 1. The van der Waals surface area contributed by atoms with Crippen molar-refractivity contribution in [1.29, 1.82) is 0 Å². The van der Waals surface area contributed by atoms with Gasteiger partial charge in [0.15, 0.2) is 0 Å². The van der Waals surface area contributed by atoms with Gasteiger partial charge in [-0.1, -0.05) is 0 Å². The van der Waals surface area contributed by atoms with E-state index in [0.717, 1.165) is 6.42 Å². The zero-order valence-corrected chi connectivity index (χ0v) is 7.60. The molecule has 0 aliphatic carbocycles. The first-order valence-corrected chi connectivity index (χ1v) is 4.44. The fourth-order valence-corrected chi connectivity index (χ4v) is 1.43. The monoisotopic (exact) mass is 181 g/mol. The molecule has 13 heavy (non-hydrogen) atoms. The van der Waals surface area contributed by atoms with Crippen LogP contribution in [0.4, 0.5) is 0 Å². The number of cyclic esters (lactones) is 1. The molecule has 1 unspecified atom stereocenters. The van der Waals surface area contributed by atoms with Gasteiger partial charge in [-0.15, -0.1) is 0 Å². The van der Waals surface area contributed by atoms with Gasteiger partial charge in [-0.2, -0.15) is 0 Å². The molecular weight excluding hydrogens is 169 g/mol. The molecule has 0 saturated carbocycles. The maximum atomic E-state index is 10.8. The number of nitrogens with zero attached hydrogens (tertiary/aromatic N) is 1. The zero-order valence-electron chi connectivity index (χ0n) is 7.60. The van der Waals surface area contributed by atoms with E-state index in [-0.39, 0.29) is 18.1 Å². The number of carbonyl (C=O) groups excluding carboxylic acids is 1. The van der Waals surface area contributed by atoms with Crippen LogP contribution >= 0.6 is 0 Å². The fourth-order valence-electron chi connectivity index (χ4n) is 1.43. The van der Waals surface area contributed by atoms with Crippen LogP contribution in [0.15, 0.2) is 4.99 Å². The number of hydrogen-bond donors (Lipinski definition) is 0. The van der Waals surface area contributed by atoms with E-state index in [1.165, 1.54) is 6.11 Å². The van der Waals surface area contributed by atoms with Gasteiger partial charge in [-0.05, 0) is 0 Å². The molecule has 1 rings (SSSR count). The molecule has 0 spiro atoms. The van der Waals surface area contributed by atoms with E-state index in [1.54, 1.807) is 0 Å². The number of carbonyl (C=O) groups is 1.